The minimum Gasteiger partial charge on any atom is -0.300 e. The van der Waals surface area contributed by atoms with Crippen LogP contribution in [0.15, 0.2) is 48.5 Å². The Hall–Kier alpha value is -1.89. The molecule has 0 heterocycles. The average Bonchev–Trinajstić information content (AvgIpc) is 2.38. The van der Waals surface area contributed by atoms with Crippen LogP contribution in [0.1, 0.15) is 43.2 Å². The number of rotatable bonds is 4. The van der Waals surface area contributed by atoms with Crippen molar-refractivity contribution < 1.29 is 4.79 Å². The lowest BCUT2D eigenvalue weighted by molar-refractivity contribution is -0.116. The maximum atomic E-state index is 11.1. The average molecular weight is 264 g/mol. The van der Waals surface area contributed by atoms with E-state index in [0.717, 1.165) is 11.5 Å². The van der Waals surface area contributed by atoms with Crippen LogP contribution in [0.5, 0.6) is 0 Å². The topological polar surface area (TPSA) is 17.1 Å². The lowest BCUT2D eigenvalue weighted by atomic mass is 9.80. The molecule has 1 nitrogen and oxygen atoms in total. The lowest BCUT2D eigenvalue weighted by Gasteiger charge is -2.25. The van der Waals surface area contributed by atoms with E-state index in [4.69, 9.17) is 0 Å². The quantitative estimate of drug-likeness (QED) is 0.778. The van der Waals surface area contributed by atoms with Gasteiger partial charge in [0.25, 0.3) is 0 Å². The molecule has 2 aromatic rings. The van der Waals surface area contributed by atoms with Crippen molar-refractivity contribution in [1.29, 1.82) is 0 Å². The highest BCUT2D eigenvalue weighted by Crippen LogP contribution is 2.36. The molecule has 0 radical (unpaired) electrons. The van der Waals surface area contributed by atoms with Crippen molar-refractivity contribution in [3.8, 4) is 11.1 Å². The fourth-order valence-electron chi connectivity index (χ4n) is 2.79. The molecule has 1 heteroatoms. The van der Waals surface area contributed by atoms with Gasteiger partial charge in [0.05, 0.1) is 0 Å². The molecule has 1 fully saturated rings. The second-order valence-corrected chi connectivity index (χ2v) is 5.83. The van der Waals surface area contributed by atoms with Crippen LogP contribution in [0.3, 0.4) is 0 Å². The number of hydrogen-bond acceptors (Lipinski definition) is 1. The molecule has 0 amide bonds. The Morgan fingerprint density at radius 1 is 0.950 bits per heavy atom. The number of Topliss-reactive ketones (excluding diaryl/α,β-unsaturated/α-hetero) is 1. The van der Waals surface area contributed by atoms with Crippen LogP contribution in [-0.4, -0.2) is 5.78 Å². The second-order valence-electron chi connectivity index (χ2n) is 5.83. The number of hydrogen-bond donors (Lipinski definition) is 0. The largest absolute Gasteiger partial charge is 0.300 e. The summed E-state index contributed by atoms with van der Waals surface area (Å²) in [4.78, 5) is 11.1. The van der Waals surface area contributed by atoms with Crippen molar-refractivity contribution in [2.45, 2.75) is 38.5 Å². The van der Waals surface area contributed by atoms with Crippen LogP contribution >= 0.6 is 0 Å². The predicted octanol–water partition coefficient (Wildman–Crippen LogP) is 4.75. The van der Waals surface area contributed by atoms with Gasteiger partial charge < -0.3 is 0 Å². The van der Waals surface area contributed by atoms with Gasteiger partial charge in [0.15, 0.2) is 0 Å². The monoisotopic (exact) mass is 264 g/mol. The Morgan fingerprint density at radius 2 is 1.50 bits per heavy atom. The van der Waals surface area contributed by atoms with E-state index in [9.17, 15) is 4.79 Å². The molecule has 0 bridgehead atoms. The fraction of sp³-hybridized carbons (Fsp3) is 0.316. The minimum atomic E-state index is 0.211. The van der Waals surface area contributed by atoms with Crippen molar-refractivity contribution in [2.75, 3.05) is 0 Å². The SMILES string of the molecule is CC(=O)Cc1ccc(-c2ccc(C3CCC3)cc2)cc1. The van der Waals surface area contributed by atoms with Crippen molar-refractivity contribution >= 4 is 5.78 Å². The lowest BCUT2D eigenvalue weighted by Crippen LogP contribution is -2.08. The Balaban J connectivity index is 1.76. The molecule has 0 spiro atoms. The Labute approximate surface area is 120 Å². The zero-order valence-electron chi connectivity index (χ0n) is 11.9. The van der Waals surface area contributed by atoms with Gasteiger partial charge in [-0.15, -0.1) is 0 Å². The third kappa shape index (κ3) is 2.82. The highest BCUT2D eigenvalue weighted by Gasteiger charge is 2.18. The van der Waals surface area contributed by atoms with Gasteiger partial charge in [-0.3, -0.25) is 4.79 Å². The predicted molar refractivity (Wildman–Crippen MR) is 82.9 cm³/mol. The molecule has 0 unspecified atom stereocenters. The summed E-state index contributed by atoms with van der Waals surface area (Å²) in [7, 11) is 0. The zero-order chi connectivity index (χ0) is 13.9. The van der Waals surface area contributed by atoms with Crippen LogP contribution in [0.4, 0.5) is 0 Å². The Kier molecular flexibility index (Phi) is 3.68. The molecule has 0 atom stereocenters. The van der Waals surface area contributed by atoms with E-state index in [1.165, 1.54) is 36.0 Å². The molecular formula is C19H20O. The molecule has 0 N–H and O–H groups in total. The number of benzene rings is 2. The number of ketones is 1. The molecule has 2 aromatic carbocycles. The van der Waals surface area contributed by atoms with Crippen molar-refractivity contribution in [3.05, 3.63) is 59.7 Å². The Bertz CT molecular complexity index is 589. The van der Waals surface area contributed by atoms with Gasteiger partial charge >= 0.3 is 0 Å². The van der Waals surface area contributed by atoms with Gasteiger partial charge in [-0.25, -0.2) is 0 Å². The maximum absolute atomic E-state index is 11.1. The first-order valence-electron chi connectivity index (χ1n) is 7.41. The third-order valence-corrected chi connectivity index (χ3v) is 4.23. The standard InChI is InChI=1S/C19H20O/c1-14(20)13-15-5-7-17(8-6-15)19-11-9-18(10-12-19)16-3-2-4-16/h5-12,16H,2-4,13H2,1H3. The fourth-order valence-corrected chi connectivity index (χ4v) is 2.79. The minimum absolute atomic E-state index is 0.211. The molecule has 0 aliphatic heterocycles. The van der Waals surface area contributed by atoms with Crippen molar-refractivity contribution in [1.82, 2.24) is 0 Å². The van der Waals surface area contributed by atoms with Gasteiger partial charge in [-0.2, -0.15) is 0 Å². The van der Waals surface area contributed by atoms with E-state index in [1.54, 1.807) is 6.92 Å². The molecule has 1 saturated carbocycles. The van der Waals surface area contributed by atoms with E-state index in [0.29, 0.717) is 6.42 Å². The van der Waals surface area contributed by atoms with E-state index in [1.807, 2.05) is 0 Å². The van der Waals surface area contributed by atoms with Gasteiger partial charge in [0.1, 0.15) is 5.78 Å². The summed E-state index contributed by atoms with van der Waals surface area (Å²) < 4.78 is 0. The molecule has 0 saturated heterocycles. The summed E-state index contributed by atoms with van der Waals surface area (Å²) >= 11 is 0. The van der Waals surface area contributed by atoms with E-state index < -0.39 is 0 Å². The van der Waals surface area contributed by atoms with Crippen molar-refractivity contribution in [3.63, 3.8) is 0 Å². The summed E-state index contributed by atoms with van der Waals surface area (Å²) in [5.74, 6) is 1.00. The zero-order valence-corrected chi connectivity index (χ0v) is 11.9. The normalized spacial score (nSPS) is 14.8. The molecule has 102 valence electrons. The van der Waals surface area contributed by atoms with Crippen LogP contribution in [0.2, 0.25) is 0 Å². The molecule has 0 aromatic heterocycles. The molecule has 1 aliphatic rings. The molecular weight excluding hydrogens is 244 g/mol. The molecule has 3 rings (SSSR count). The number of carbonyl (C=O) groups is 1. The van der Waals surface area contributed by atoms with E-state index >= 15 is 0 Å². The van der Waals surface area contributed by atoms with Crippen molar-refractivity contribution in [2.24, 2.45) is 0 Å². The maximum Gasteiger partial charge on any atom is 0.134 e. The first-order valence-corrected chi connectivity index (χ1v) is 7.41. The van der Waals surface area contributed by atoms with Gasteiger partial charge in [-0.1, -0.05) is 55.0 Å². The first-order chi connectivity index (χ1) is 9.72. The molecule has 1 aliphatic carbocycles. The van der Waals surface area contributed by atoms with Crippen LogP contribution in [0, 0.1) is 0 Å². The summed E-state index contributed by atoms with van der Waals surface area (Å²) in [6.07, 6.45) is 4.60. The smallest absolute Gasteiger partial charge is 0.134 e. The van der Waals surface area contributed by atoms with E-state index in [-0.39, 0.29) is 5.78 Å². The van der Waals surface area contributed by atoms with Gasteiger partial charge in [-0.05, 0) is 47.9 Å². The first kappa shape index (κ1) is 13.1. The molecule has 20 heavy (non-hydrogen) atoms. The van der Waals surface area contributed by atoms with Crippen LogP contribution in [0.25, 0.3) is 11.1 Å². The van der Waals surface area contributed by atoms with Crippen LogP contribution in [-0.2, 0) is 11.2 Å². The summed E-state index contributed by atoms with van der Waals surface area (Å²) in [6, 6.07) is 17.3. The highest BCUT2D eigenvalue weighted by molar-refractivity contribution is 5.78. The number of carbonyl (C=O) groups excluding carboxylic acids is 1. The van der Waals surface area contributed by atoms with E-state index in [2.05, 4.69) is 48.5 Å². The highest BCUT2D eigenvalue weighted by atomic mass is 16.1. The summed E-state index contributed by atoms with van der Waals surface area (Å²) in [6.45, 7) is 1.63. The summed E-state index contributed by atoms with van der Waals surface area (Å²) in [5, 5.41) is 0. The van der Waals surface area contributed by atoms with Crippen LogP contribution < -0.4 is 0 Å². The van der Waals surface area contributed by atoms with Gasteiger partial charge in [0.2, 0.25) is 0 Å². The third-order valence-electron chi connectivity index (χ3n) is 4.23. The summed E-state index contributed by atoms with van der Waals surface area (Å²) in [5.41, 5.74) is 5.04. The second kappa shape index (κ2) is 5.62. The Morgan fingerprint density at radius 3 is 1.95 bits per heavy atom. The van der Waals surface area contributed by atoms with Gasteiger partial charge in [0, 0.05) is 6.42 Å².